The van der Waals surface area contributed by atoms with Gasteiger partial charge in [0.05, 0.1) is 11.3 Å². The van der Waals surface area contributed by atoms with Gasteiger partial charge in [0.1, 0.15) is 0 Å². The maximum absolute atomic E-state index is 12.3. The number of carbonyl (C=O) groups excluding carboxylic acids is 1. The SMILES string of the molecule is Cc1n[nH]c(C)c1C(=O)NCC(C)(C)N1CCN(C)CC1. The van der Waals surface area contributed by atoms with Crippen LogP contribution in [0.3, 0.4) is 0 Å². The van der Waals surface area contributed by atoms with Crippen molar-refractivity contribution in [2.75, 3.05) is 39.8 Å². The molecule has 2 N–H and O–H groups in total. The minimum Gasteiger partial charge on any atom is -0.350 e. The molecule has 0 unspecified atom stereocenters. The molecule has 2 heterocycles. The number of aryl methyl sites for hydroxylation is 2. The Morgan fingerprint density at radius 1 is 1.29 bits per heavy atom. The van der Waals surface area contributed by atoms with Gasteiger partial charge in [0.15, 0.2) is 0 Å². The van der Waals surface area contributed by atoms with E-state index >= 15 is 0 Å². The predicted octanol–water partition coefficient (Wildman–Crippen LogP) is 0.782. The molecule has 1 amide bonds. The van der Waals surface area contributed by atoms with E-state index in [2.05, 4.69) is 46.2 Å². The standard InChI is InChI=1S/C15H27N5O/c1-11-13(12(2)18-17-11)14(21)16-10-15(3,4)20-8-6-19(5)7-9-20/h6-10H2,1-5H3,(H,16,21)(H,17,18). The van der Waals surface area contributed by atoms with Gasteiger partial charge < -0.3 is 10.2 Å². The van der Waals surface area contributed by atoms with Crippen LogP contribution in [0.2, 0.25) is 0 Å². The molecule has 1 aromatic rings. The minimum absolute atomic E-state index is 0.0392. The van der Waals surface area contributed by atoms with E-state index < -0.39 is 0 Å². The zero-order valence-electron chi connectivity index (χ0n) is 13.8. The molecule has 0 bridgehead atoms. The third kappa shape index (κ3) is 3.63. The van der Waals surface area contributed by atoms with Crippen LogP contribution in [0.4, 0.5) is 0 Å². The van der Waals surface area contributed by atoms with E-state index in [4.69, 9.17) is 0 Å². The molecule has 21 heavy (non-hydrogen) atoms. The van der Waals surface area contributed by atoms with Crippen molar-refractivity contribution in [2.45, 2.75) is 33.2 Å². The summed E-state index contributed by atoms with van der Waals surface area (Å²) in [6.45, 7) is 13.0. The average molecular weight is 293 g/mol. The second-order valence-corrected chi connectivity index (χ2v) is 6.59. The van der Waals surface area contributed by atoms with Gasteiger partial charge in [-0.1, -0.05) is 0 Å². The summed E-state index contributed by atoms with van der Waals surface area (Å²) in [6.07, 6.45) is 0. The number of nitrogens with one attached hydrogen (secondary N) is 2. The van der Waals surface area contributed by atoms with Crippen LogP contribution in [0.15, 0.2) is 0 Å². The highest BCUT2D eigenvalue weighted by Gasteiger charge is 2.30. The molecular formula is C15H27N5O. The number of nitrogens with zero attached hydrogens (tertiary/aromatic N) is 3. The fraction of sp³-hybridized carbons (Fsp3) is 0.733. The highest BCUT2D eigenvalue weighted by molar-refractivity contribution is 5.96. The second-order valence-electron chi connectivity index (χ2n) is 6.59. The van der Waals surface area contributed by atoms with Gasteiger partial charge >= 0.3 is 0 Å². The first kappa shape index (κ1) is 16.0. The van der Waals surface area contributed by atoms with Crippen LogP contribution in [-0.4, -0.2) is 71.2 Å². The van der Waals surface area contributed by atoms with Gasteiger partial charge in [-0.2, -0.15) is 5.10 Å². The second kappa shape index (κ2) is 6.15. The van der Waals surface area contributed by atoms with E-state index in [1.165, 1.54) is 0 Å². The van der Waals surface area contributed by atoms with Crippen LogP contribution < -0.4 is 5.32 Å². The number of aromatic nitrogens is 2. The summed E-state index contributed by atoms with van der Waals surface area (Å²) in [5, 5.41) is 10.00. The van der Waals surface area contributed by atoms with Crippen LogP contribution >= 0.6 is 0 Å². The lowest BCUT2D eigenvalue weighted by Crippen LogP contribution is -2.57. The largest absolute Gasteiger partial charge is 0.350 e. The Hall–Kier alpha value is -1.40. The van der Waals surface area contributed by atoms with E-state index in [0.29, 0.717) is 12.1 Å². The van der Waals surface area contributed by atoms with Crippen LogP contribution in [0.5, 0.6) is 0 Å². The van der Waals surface area contributed by atoms with Crippen molar-refractivity contribution in [3.63, 3.8) is 0 Å². The maximum atomic E-state index is 12.3. The first-order valence-corrected chi connectivity index (χ1v) is 7.54. The quantitative estimate of drug-likeness (QED) is 0.861. The van der Waals surface area contributed by atoms with E-state index in [1.54, 1.807) is 0 Å². The van der Waals surface area contributed by atoms with Gasteiger partial charge in [-0.05, 0) is 34.7 Å². The fourth-order valence-electron chi connectivity index (χ4n) is 2.79. The van der Waals surface area contributed by atoms with Crippen molar-refractivity contribution in [2.24, 2.45) is 0 Å². The Balaban J connectivity index is 1.94. The van der Waals surface area contributed by atoms with Crippen LogP contribution in [0.1, 0.15) is 35.6 Å². The van der Waals surface area contributed by atoms with Gasteiger partial charge in [-0.3, -0.25) is 14.8 Å². The Kier molecular flexibility index (Phi) is 4.68. The zero-order valence-corrected chi connectivity index (χ0v) is 13.8. The molecule has 1 aromatic heterocycles. The molecule has 0 saturated carbocycles. The average Bonchev–Trinajstić information content (AvgIpc) is 2.76. The van der Waals surface area contributed by atoms with Crippen LogP contribution in [0, 0.1) is 13.8 Å². The van der Waals surface area contributed by atoms with Gasteiger partial charge in [-0.15, -0.1) is 0 Å². The Bertz CT molecular complexity index is 481. The van der Waals surface area contributed by atoms with Crippen LogP contribution in [-0.2, 0) is 0 Å². The highest BCUT2D eigenvalue weighted by Crippen LogP contribution is 2.16. The van der Waals surface area contributed by atoms with Gasteiger partial charge in [-0.25, -0.2) is 0 Å². The number of H-pyrrole nitrogens is 1. The molecule has 0 radical (unpaired) electrons. The topological polar surface area (TPSA) is 64.3 Å². The monoisotopic (exact) mass is 293 g/mol. The lowest BCUT2D eigenvalue weighted by atomic mass is 10.0. The predicted molar refractivity (Wildman–Crippen MR) is 83.5 cm³/mol. The molecule has 118 valence electrons. The van der Waals surface area contributed by atoms with Crippen molar-refractivity contribution in [1.29, 1.82) is 0 Å². The maximum Gasteiger partial charge on any atom is 0.255 e. The molecule has 2 rings (SSSR count). The molecule has 6 nitrogen and oxygen atoms in total. The van der Waals surface area contributed by atoms with Crippen molar-refractivity contribution in [3.05, 3.63) is 17.0 Å². The Morgan fingerprint density at radius 2 is 1.90 bits per heavy atom. The first-order valence-electron chi connectivity index (χ1n) is 7.54. The highest BCUT2D eigenvalue weighted by atomic mass is 16.1. The summed E-state index contributed by atoms with van der Waals surface area (Å²) in [6, 6.07) is 0. The number of piperazine rings is 1. The summed E-state index contributed by atoms with van der Waals surface area (Å²) >= 11 is 0. The molecule has 6 heteroatoms. The zero-order chi connectivity index (χ0) is 15.6. The lowest BCUT2D eigenvalue weighted by Gasteiger charge is -2.43. The van der Waals surface area contributed by atoms with Crippen LogP contribution in [0.25, 0.3) is 0 Å². The summed E-state index contributed by atoms with van der Waals surface area (Å²) in [5.74, 6) is -0.0408. The fourth-order valence-corrected chi connectivity index (χ4v) is 2.79. The number of rotatable bonds is 4. The summed E-state index contributed by atoms with van der Waals surface area (Å²) in [7, 11) is 2.15. The first-order chi connectivity index (χ1) is 9.81. The summed E-state index contributed by atoms with van der Waals surface area (Å²) in [4.78, 5) is 17.1. The molecule has 1 aliphatic rings. The smallest absolute Gasteiger partial charge is 0.255 e. The molecule has 0 atom stereocenters. The molecule has 0 aliphatic carbocycles. The Morgan fingerprint density at radius 3 is 2.43 bits per heavy atom. The molecule has 1 aliphatic heterocycles. The van der Waals surface area contributed by atoms with E-state index in [1.807, 2.05) is 13.8 Å². The molecule has 1 fully saturated rings. The van der Waals surface area contributed by atoms with Crippen molar-refractivity contribution in [1.82, 2.24) is 25.3 Å². The van der Waals surface area contributed by atoms with Crippen molar-refractivity contribution in [3.8, 4) is 0 Å². The third-order valence-corrected chi connectivity index (χ3v) is 4.40. The van der Waals surface area contributed by atoms with E-state index in [0.717, 1.165) is 37.6 Å². The summed E-state index contributed by atoms with van der Waals surface area (Å²) in [5.41, 5.74) is 2.21. The van der Waals surface area contributed by atoms with Gasteiger partial charge in [0, 0.05) is 44.0 Å². The van der Waals surface area contributed by atoms with Crippen molar-refractivity contribution < 1.29 is 4.79 Å². The summed E-state index contributed by atoms with van der Waals surface area (Å²) < 4.78 is 0. The number of likely N-dealkylation sites (N-methyl/N-ethyl adjacent to an activating group) is 1. The van der Waals surface area contributed by atoms with Gasteiger partial charge in [0.25, 0.3) is 5.91 Å². The van der Waals surface area contributed by atoms with Crippen molar-refractivity contribution >= 4 is 5.91 Å². The number of aromatic amines is 1. The Labute approximate surface area is 126 Å². The molecular weight excluding hydrogens is 266 g/mol. The van der Waals surface area contributed by atoms with Gasteiger partial charge in [0.2, 0.25) is 0 Å². The molecule has 1 saturated heterocycles. The lowest BCUT2D eigenvalue weighted by molar-refractivity contribution is 0.0587. The number of amides is 1. The number of carbonyl (C=O) groups is 1. The van der Waals surface area contributed by atoms with E-state index in [-0.39, 0.29) is 11.4 Å². The normalized spacial score (nSPS) is 18.0. The van der Waals surface area contributed by atoms with E-state index in [9.17, 15) is 4.79 Å². The molecule has 0 spiro atoms. The molecule has 0 aromatic carbocycles. The third-order valence-electron chi connectivity index (χ3n) is 4.40. The number of hydrogen-bond acceptors (Lipinski definition) is 4. The minimum atomic E-state index is -0.0408. The number of hydrogen-bond donors (Lipinski definition) is 2.